The van der Waals surface area contributed by atoms with Crippen LogP contribution in [0, 0.1) is 11.8 Å². The summed E-state index contributed by atoms with van der Waals surface area (Å²) in [6.45, 7) is 3.39. The third-order valence-electron chi connectivity index (χ3n) is 11.6. The molecule has 3 aromatic heterocycles. The quantitative estimate of drug-likeness (QED) is 0.246. The predicted molar refractivity (Wildman–Crippen MR) is 189 cm³/mol. The lowest BCUT2D eigenvalue weighted by atomic mass is 9.76. The molecule has 50 heavy (non-hydrogen) atoms. The normalized spacial score (nSPS) is 22.0. The molecule has 12 heteroatoms. The summed E-state index contributed by atoms with van der Waals surface area (Å²) in [7, 11) is 5.02. The SMILES string of the molecule is COC(=O)N1CC(c2cccc3cc(-c4nc5cc(C(=O)N6C[C@H]7CC[C@@H]6C[C@@H]7N)cc(OC)c5n4Cc4cnn(C)c4)n(CC4CC4)c23)C1. The number of carbonyl (C=O) groups excluding carboxylic acids is 2. The van der Waals surface area contributed by atoms with Crippen LogP contribution in [0.1, 0.15) is 59.5 Å². The Labute approximate surface area is 290 Å². The van der Waals surface area contributed by atoms with E-state index in [1.165, 1.54) is 31.0 Å². The second kappa shape index (κ2) is 11.9. The van der Waals surface area contributed by atoms with Crippen LogP contribution < -0.4 is 10.5 Å². The topological polar surface area (TPSA) is 126 Å². The van der Waals surface area contributed by atoms with Gasteiger partial charge in [0.05, 0.1) is 43.7 Å². The molecule has 5 aliphatic rings. The smallest absolute Gasteiger partial charge is 0.409 e. The number of rotatable bonds is 8. The van der Waals surface area contributed by atoms with Gasteiger partial charge in [-0.25, -0.2) is 9.78 Å². The Morgan fingerprint density at radius 2 is 1.84 bits per heavy atom. The fourth-order valence-electron chi connectivity index (χ4n) is 8.74. The number of likely N-dealkylation sites (tertiary alicyclic amines) is 1. The van der Waals surface area contributed by atoms with Crippen molar-refractivity contribution >= 4 is 33.9 Å². The van der Waals surface area contributed by atoms with Gasteiger partial charge >= 0.3 is 6.09 Å². The lowest BCUT2D eigenvalue weighted by molar-refractivity contribution is 0.0261. The maximum absolute atomic E-state index is 14.1. The molecule has 6 heterocycles. The summed E-state index contributed by atoms with van der Waals surface area (Å²) < 4.78 is 17.5. The van der Waals surface area contributed by atoms with Crippen LogP contribution in [0.15, 0.2) is 48.8 Å². The molecule has 260 valence electrons. The average molecular weight is 677 g/mol. The van der Waals surface area contributed by atoms with Crippen molar-refractivity contribution in [1.82, 2.24) is 33.7 Å². The van der Waals surface area contributed by atoms with E-state index in [0.29, 0.717) is 49.3 Å². The minimum absolute atomic E-state index is 0.0177. The number of ether oxygens (including phenoxy) is 2. The molecule has 3 aliphatic heterocycles. The number of amides is 2. The van der Waals surface area contributed by atoms with E-state index < -0.39 is 0 Å². The van der Waals surface area contributed by atoms with E-state index >= 15 is 0 Å². The van der Waals surface area contributed by atoms with Crippen LogP contribution >= 0.6 is 0 Å². The number of carbonyl (C=O) groups is 2. The lowest BCUT2D eigenvalue weighted by Gasteiger charge is -2.48. The first-order valence-electron chi connectivity index (χ1n) is 17.9. The molecule has 10 rings (SSSR count). The van der Waals surface area contributed by atoms with Crippen molar-refractivity contribution in [2.75, 3.05) is 33.9 Å². The van der Waals surface area contributed by atoms with Crippen molar-refractivity contribution in [3.05, 3.63) is 65.5 Å². The van der Waals surface area contributed by atoms with Gasteiger partial charge in [0.2, 0.25) is 0 Å². The minimum atomic E-state index is -0.283. The van der Waals surface area contributed by atoms with E-state index in [0.717, 1.165) is 59.3 Å². The molecule has 0 unspecified atom stereocenters. The number of nitrogens with zero attached hydrogens (tertiary/aromatic N) is 7. The Kier molecular flexibility index (Phi) is 7.41. The number of hydrogen-bond donors (Lipinski definition) is 1. The molecule has 5 aromatic rings. The first-order valence-corrected chi connectivity index (χ1v) is 17.9. The van der Waals surface area contributed by atoms with Gasteiger partial charge in [-0.2, -0.15) is 5.10 Å². The van der Waals surface area contributed by atoms with E-state index in [1.54, 1.807) is 12.0 Å². The monoisotopic (exact) mass is 676 g/mol. The maximum atomic E-state index is 14.1. The van der Waals surface area contributed by atoms with Crippen molar-refractivity contribution in [2.24, 2.45) is 24.6 Å². The highest BCUT2D eigenvalue weighted by Crippen LogP contribution is 2.42. The summed E-state index contributed by atoms with van der Waals surface area (Å²) in [6.07, 6.45) is 8.98. The van der Waals surface area contributed by atoms with Gasteiger partial charge in [-0.1, -0.05) is 18.2 Å². The van der Waals surface area contributed by atoms with Gasteiger partial charge in [-0.3, -0.25) is 9.48 Å². The number of imidazole rings is 1. The summed E-state index contributed by atoms with van der Waals surface area (Å²) in [5, 5.41) is 5.61. The number of hydrogen-bond acceptors (Lipinski definition) is 7. The van der Waals surface area contributed by atoms with E-state index in [-0.39, 0.29) is 30.0 Å². The van der Waals surface area contributed by atoms with Crippen molar-refractivity contribution in [3.8, 4) is 17.3 Å². The molecule has 2 amide bonds. The van der Waals surface area contributed by atoms with Crippen LogP contribution in [0.2, 0.25) is 0 Å². The largest absolute Gasteiger partial charge is 0.494 e. The van der Waals surface area contributed by atoms with Gasteiger partial charge in [0.15, 0.2) is 5.82 Å². The highest BCUT2D eigenvalue weighted by atomic mass is 16.5. The highest BCUT2D eigenvalue weighted by Gasteiger charge is 2.41. The Morgan fingerprint density at radius 3 is 2.52 bits per heavy atom. The fraction of sp³-hybridized carbons (Fsp3) is 0.474. The van der Waals surface area contributed by atoms with Gasteiger partial charge in [0.25, 0.3) is 5.91 Å². The Morgan fingerprint density at radius 1 is 1.00 bits per heavy atom. The Bertz CT molecular complexity index is 2140. The first kappa shape index (κ1) is 31.2. The number of fused-ring (bicyclic) bond motifs is 5. The second-order valence-electron chi connectivity index (χ2n) is 14.9. The van der Waals surface area contributed by atoms with Crippen LogP contribution in [0.5, 0.6) is 5.75 Å². The highest BCUT2D eigenvalue weighted by molar-refractivity contribution is 6.00. The van der Waals surface area contributed by atoms with Crippen molar-refractivity contribution in [1.29, 1.82) is 0 Å². The molecule has 2 aliphatic carbocycles. The molecule has 0 radical (unpaired) electrons. The minimum Gasteiger partial charge on any atom is -0.494 e. The third-order valence-corrected chi connectivity index (χ3v) is 11.6. The molecule has 3 atom stereocenters. The zero-order valence-corrected chi connectivity index (χ0v) is 28.9. The molecule has 12 nitrogen and oxygen atoms in total. The molecule has 0 spiro atoms. The number of methoxy groups -OCH3 is 2. The molecule has 2 N–H and O–H groups in total. The molecular weight excluding hydrogens is 632 g/mol. The maximum Gasteiger partial charge on any atom is 0.409 e. The zero-order chi connectivity index (χ0) is 34.3. The molecular formula is C38H44N8O4. The van der Waals surface area contributed by atoms with E-state index in [2.05, 4.69) is 38.5 Å². The average Bonchev–Trinajstić information content (AvgIpc) is 3.55. The van der Waals surface area contributed by atoms with Crippen LogP contribution in [-0.2, 0) is 24.9 Å². The van der Waals surface area contributed by atoms with Crippen LogP contribution in [0.4, 0.5) is 4.79 Å². The van der Waals surface area contributed by atoms with Crippen molar-refractivity contribution in [2.45, 2.75) is 63.2 Å². The van der Waals surface area contributed by atoms with Crippen LogP contribution in [0.3, 0.4) is 0 Å². The Balaban J connectivity index is 1.19. The third kappa shape index (κ3) is 5.14. The number of aromatic nitrogens is 5. The zero-order valence-electron chi connectivity index (χ0n) is 28.9. The number of aryl methyl sites for hydroxylation is 1. The van der Waals surface area contributed by atoms with Crippen LogP contribution in [-0.4, -0.2) is 91.6 Å². The summed E-state index contributed by atoms with van der Waals surface area (Å²) in [5.74, 6) is 2.64. The van der Waals surface area contributed by atoms with Gasteiger partial charge in [-0.05, 0) is 67.7 Å². The number of para-hydroxylation sites is 1. The summed E-state index contributed by atoms with van der Waals surface area (Å²) in [5.41, 5.74) is 13.1. The predicted octanol–water partition coefficient (Wildman–Crippen LogP) is 4.98. The summed E-state index contributed by atoms with van der Waals surface area (Å²) in [6, 6.07) is 12.9. The molecule has 3 saturated heterocycles. The van der Waals surface area contributed by atoms with Gasteiger partial charge in [0, 0.05) is 73.9 Å². The number of benzene rings is 2. The van der Waals surface area contributed by atoms with Crippen molar-refractivity contribution < 1.29 is 19.1 Å². The van der Waals surface area contributed by atoms with Crippen LogP contribution in [0.25, 0.3) is 33.5 Å². The second-order valence-corrected chi connectivity index (χ2v) is 14.9. The fourth-order valence-corrected chi connectivity index (χ4v) is 8.74. The molecule has 5 fully saturated rings. The molecule has 2 aromatic carbocycles. The van der Waals surface area contributed by atoms with E-state index in [1.807, 2.05) is 41.2 Å². The standard InChI is InChI=1S/C38H44N8O4/c1-42-16-23(15-40-42)18-46-35-31(11-26(13-33(35)49-2)37(47)44-21-25-9-10-28(44)14-30(25)39)41-36(46)32-12-24-5-4-6-29(27-19-43(20-27)38(48)50-3)34(24)45(32)17-22-7-8-22/h4-6,11-13,15-16,22,25,27-28,30H,7-10,14,17-21,39H2,1-3H3/t25-,28-,30+/m1/s1. The summed E-state index contributed by atoms with van der Waals surface area (Å²) in [4.78, 5) is 35.5. The summed E-state index contributed by atoms with van der Waals surface area (Å²) >= 11 is 0. The van der Waals surface area contributed by atoms with Gasteiger partial charge in [-0.15, -0.1) is 0 Å². The van der Waals surface area contributed by atoms with Gasteiger partial charge < -0.3 is 34.1 Å². The van der Waals surface area contributed by atoms with E-state index in [4.69, 9.17) is 20.2 Å². The van der Waals surface area contributed by atoms with Gasteiger partial charge in [0.1, 0.15) is 11.3 Å². The number of piperidine rings is 2. The first-order chi connectivity index (χ1) is 24.3. The molecule has 2 saturated carbocycles. The Hall–Kier alpha value is -4.84. The lowest BCUT2D eigenvalue weighted by Crippen LogP contribution is -2.58. The van der Waals surface area contributed by atoms with E-state index in [9.17, 15) is 9.59 Å². The number of nitrogens with two attached hydrogens (primary N) is 1. The molecule has 2 bridgehead atoms. The van der Waals surface area contributed by atoms with Crippen molar-refractivity contribution in [3.63, 3.8) is 0 Å².